The van der Waals surface area contributed by atoms with Crippen LogP contribution in [0.25, 0.3) is 0 Å². The van der Waals surface area contributed by atoms with Gasteiger partial charge in [-0.15, -0.1) is 11.3 Å². The predicted molar refractivity (Wildman–Crippen MR) is 133 cm³/mol. The summed E-state index contributed by atoms with van der Waals surface area (Å²) in [5.74, 6) is -0.530. The second-order valence-electron chi connectivity index (χ2n) is 8.10. The Morgan fingerprint density at radius 2 is 1.76 bits per heavy atom. The first kappa shape index (κ1) is 25.4. The quantitative estimate of drug-likeness (QED) is 0.430. The van der Waals surface area contributed by atoms with Crippen molar-refractivity contribution in [1.29, 1.82) is 0 Å². The van der Waals surface area contributed by atoms with Gasteiger partial charge in [0.05, 0.1) is 13.2 Å². The third kappa shape index (κ3) is 7.40. The maximum absolute atomic E-state index is 13.4. The van der Waals surface area contributed by atoms with Crippen LogP contribution >= 0.6 is 11.3 Å². The molecule has 0 saturated heterocycles. The van der Waals surface area contributed by atoms with E-state index in [-0.39, 0.29) is 30.8 Å². The summed E-state index contributed by atoms with van der Waals surface area (Å²) >= 11 is 1.56. The van der Waals surface area contributed by atoms with Gasteiger partial charge < -0.3 is 19.9 Å². The average Bonchev–Trinajstić information content (AvgIpc) is 3.33. The molecule has 8 heteroatoms. The highest BCUT2D eigenvalue weighted by Crippen LogP contribution is 2.17. The molecule has 1 N–H and O–H groups in total. The van der Waals surface area contributed by atoms with Crippen LogP contribution in [-0.4, -0.2) is 48.5 Å². The Morgan fingerprint density at radius 1 is 1.00 bits per heavy atom. The first-order valence-corrected chi connectivity index (χ1v) is 11.9. The van der Waals surface area contributed by atoms with E-state index in [1.807, 2.05) is 49.6 Å². The molecule has 0 unspecified atom stereocenters. The number of hydrogen-bond acceptors (Lipinski definition) is 4. The van der Waals surface area contributed by atoms with Gasteiger partial charge in [-0.05, 0) is 66.2 Å². The zero-order valence-corrected chi connectivity index (χ0v) is 20.5. The lowest BCUT2D eigenvalue weighted by Crippen LogP contribution is -2.45. The third-order valence-corrected chi connectivity index (χ3v) is 6.36. The van der Waals surface area contributed by atoms with Crippen LogP contribution in [-0.2, 0) is 22.6 Å². The van der Waals surface area contributed by atoms with Crippen LogP contribution < -0.4 is 5.32 Å². The molecule has 2 aromatic carbocycles. The summed E-state index contributed by atoms with van der Waals surface area (Å²) in [6.45, 7) is 5.17. The van der Waals surface area contributed by atoms with Crippen molar-refractivity contribution in [3.63, 3.8) is 0 Å². The number of benzene rings is 2. The van der Waals surface area contributed by atoms with Crippen LogP contribution in [0.4, 0.5) is 14.9 Å². The molecule has 1 aromatic heterocycles. The Balaban J connectivity index is 1.75. The lowest BCUT2D eigenvalue weighted by Gasteiger charge is -2.28. The number of aryl methyl sites for hydroxylation is 2. The Hall–Kier alpha value is -3.23. The van der Waals surface area contributed by atoms with Crippen molar-refractivity contribution < 1.29 is 18.7 Å². The van der Waals surface area contributed by atoms with Gasteiger partial charge in [0.25, 0.3) is 0 Å². The van der Waals surface area contributed by atoms with Crippen molar-refractivity contribution >= 4 is 29.0 Å². The van der Waals surface area contributed by atoms with Gasteiger partial charge in [0.15, 0.2) is 0 Å². The molecule has 0 spiro atoms. The fraction of sp³-hybridized carbons (Fsp3) is 0.308. The molecular formula is C26H30FN3O3S. The highest BCUT2D eigenvalue weighted by Gasteiger charge is 2.22. The van der Waals surface area contributed by atoms with Crippen LogP contribution in [0.3, 0.4) is 0 Å². The number of hydrogen-bond donors (Lipinski definition) is 1. The molecule has 0 radical (unpaired) electrons. The molecule has 3 rings (SSSR count). The van der Waals surface area contributed by atoms with E-state index in [1.54, 1.807) is 35.5 Å². The van der Waals surface area contributed by atoms with Gasteiger partial charge in [-0.25, -0.2) is 9.18 Å². The summed E-state index contributed by atoms with van der Waals surface area (Å²) in [6, 6.07) is 15.3. The first-order chi connectivity index (χ1) is 16.4. The van der Waals surface area contributed by atoms with Gasteiger partial charge in [-0.2, -0.15) is 0 Å². The summed E-state index contributed by atoms with van der Waals surface area (Å²) in [4.78, 5) is 30.6. The van der Waals surface area contributed by atoms with E-state index < -0.39 is 0 Å². The minimum atomic E-state index is -0.369. The van der Waals surface area contributed by atoms with E-state index in [0.717, 1.165) is 21.6 Å². The summed E-state index contributed by atoms with van der Waals surface area (Å²) in [6.07, 6.45) is 0. The number of carbonyl (C=O) groups is 2. The van der Waals surface area contributed by atoms with E-state index in [4.69, 9.17) is 4.74 Å². The number of ether oxygens (including phenoxy) is 1. The SMILES string of the molecule is COCCN(CC(=O)N(Cc1ccc(F)cc1)Cc1cccs1)C(=O)Nc1ccc(C)c(C)c1. The van der Waals surface area contributed by atoms with Crippen LogP contribution in [0.2, 0.25) is 0 Å². The number of methoxy groups -OCH3 is 1. The molecule has 0 atom stereocenters. The average molecular weight is 484 g/mol. The molecular weight excluding hydrogens is 453 g/mol. The normalized spacial score (nSPS) is 10.7. The number of amides is 3. The number of urea groups is 1. The predicted octanol–water partition coefficient (Wildman–Crippen LogP) is 5.21. The molecule has 1 heterocycles. The van der Waals surface area contributed by atoms with Crippen LogP contribution in [0.5, 0.6) is 0 Å². The van der Waals surface area contributed by atoms with E-state index in [0.29, 0.717) is 25.4 Å². The second-order valence-corrected chi connectivity index (χ2v) is 9.13. The minimum absolute atomic E-state index is 0.105. The molecule has 0 aliphatic rings. The second kappa shape index (κ2) is 12.3. The molecule has 0 saturated carbocycles. The van der Waals surface area contributed by atoms with Gasteiger partial charge in [0.2, 0.25) is 5.91 Å². The van der Waals surface area contributed by atoms with Gasteiger partial charge in [-0.1, -0.05) is 24.3 Å². The fourth-order valence-electron chi connectivity index (χ4n) is 3.37. The van der Waals surface area contributed by atoms with E-state index in [9.17, 15) is 14.0 Å². The molecule has 180 valence electrons. The van der Waals surface area contributed by atoms with E-state index in [1.165, 1.54) is 17.0 Å². The smallest absolute Gasteiger partial charge is 0.322 e. The Morgan fingerprint density at radius 3 is 2.41 bits per heavy atom. The van der Waals surface area contributed by atoms with Crippen molar-refractivity contribution in [2.24, 2.45) is 0 Å². The summed E-state index contributed by atoms with van der Waals surface area (Å²) in [5.41, 5.74) is 3.69. The largest absolute Gasteiger partial charge is 0.383 e. The number of anilines is 1. The molecule has 0 aliphatic heterocycles. The standard InChI is InChI=1S/C26H30FN3O3S/c1-19-6-11-23(15-20(19)2)28-26(32)29(12-13-33-3)18-25(31)30(17-24-5-4-14-34-24)16-21-7-9-22(27)10-8-21/h4-11,14-15H,12-13,16-18H2,1-3H3,(H,28,32). The first-order valence-electron chi connectivity index (χ1n) is 11.0. The maximum Gasteiger partial charge on any atom is 0.322 e. The Kier molecular flexibility index (Phi) is 9.18. The molecule has 6 nitrogen and oxygen atoms in total. The Bertz CT molecular complexity index is 1090. The summed E-state index contributed by atoms with van der Waals surface area (Å²) < 4.78 is 18.5. The number of halogens is 1. The monoisotopic (exact) mass is 483 g/mol. The van der Waals surface area contributed by atoms with Crippen molar-refractivity contribution in [1.82, 2.24) is 9.80 Å². The minimum Gasteiger partial charge on any atom is -0.383 e. The van der Waals surface area contributed by atoms with Crippen molar-refractivity contribution in [2.75, 3.05) is 32.1 Å². The lowest BCUT2D eigenvalue weighted by molar-refractivity contribution is -0.133. The van der Waals surface area contributed by atoms with Crippen LogP contribution in [0.15, 0.2) is 60.0 Å². The van der Waals surface area contributed by atoms with Crippen LogP contribution in [0, 0.1) is 19.7 Å². The fourth-order valence-corrected chi connectivity index (χ4v) is 4.09. The highest BCUT2D eigenvalue weighted by atomic mass is 32.1. The van der Waals surface area contributed by atoms with Gasteiger partial charge in [0, 0.05) is 30.8 Å². The maximum atomic E-state index is 13.4. The number of thiophene rings is 1. The topological polar surface area (TPSA) is 61.9 Å². The number of rotatable bonds is 10. The van der Waals surface area contributed by atoms with Crippen molar-refractivity contribution in [3.8, 4) is 0 Å². The molecule has 3 amide bonds. The lowest BCUT2D eigenvalue weighted by atomic mass is 10.1. The highest BCUT2D eigenvalue weighted by molar-refractivity contribution is 7.09. The van der Waals surface area contributed by atoms with Gasteiger partial charge in [0.1, 0.15) is 12.4 Å². The summed E-state index contributed by atoms with van der Waals surface area (Å²) in [7, 11) is 1.55. The van der Waals surface area contributed by atoms with Crippen molar-refractivity contribution in [3.05, 3.63) is 87.4 Å². The molecule has 0 fully saturated rings. The number of carbonyl (C=O) groups excluding carboxylic acids is 2. The number of nitrogens with zero attached hydrogens (tertiary/aromatic N) is 2. The third-order valence-electron chi connectivity index (χ3n) is 5.50. The van der Waals surface area contributed by atoms with E-state index in [2.05, 4.69) is 5.32 Å². The van der Waals surface area contributed by atoms with Crippen molar-refractivity contribution in [2.45, 2.75) is 26.9 Å². The van der Waals surface area contributed by atoms with Gasteiger partial charge in [-0.3, -0.25) is 4.79 Å². The molecule has 3 aromatic rings. The Labute approximate surface area is 204 Å². The molecule has 0 aliphatic carbocycles. The summed E-state index contributed by atoms with van der Waals surface area (Å²) in [5, 5.41) is 4.84. The zero-order valence-electron chi connectivity index (χ0n) is 19.7. The molecule has 34 heavy (non-hydrogen) atoms. The molecule has 0 bridgehead atoms. The van der Waals surface area contributed by atoms with Gasteiger partial charge >= 0.3 is 6.03 Å². The number of nitrogens with one attached hydrogen (secondary N) is 1. The van der Waals surface area contributed by atoms with Crippen LogP contribution in [0.1, 0.15) is 21.6 Å². The van der Waals surface area contributed by atoms with E-state index >= 15 is 0 Å². The zero-order chi connectivity index (χ0) is 24.5.